The summed E-state index contributed by atoms with van der Waals surface area (Å²) in [6.07, 6.45) is 1.04. The molecule has 1 aliphatic heterocycles. The van der Waals surface area contributed by atoms with Crippen molar-refractivity contribution >= 4 is 16.8 Å². The number of para-hydroxylation sites is 1. The van der Waals surface area contributed by atoms with Crippen LogP contribution in [0.2, 0.25) is 0 Å². The number of carbonyl (C=O) groups excluding carboxylic acids is 1. The molecular weight excluding hydrogens is 438 g/mol. The van der Waals surface area contributed by atoms with E-state index < -0.39 is 0 Å². The van der Waals surface area contributed by atoms with E-state index in [2.05, 4.69) is 50.1 Å². The first kappa shape index (κ1) is 25.4. The molecule has 6 nitrogen and oxygen atoms in total. The lowest BCUT2D eigenvalue weighted by atomic mass is 9.96. The Kier molecular flexibility index (Phi) is 7.95. The van der Waals surface area contributed by atoms with E-state index in [0.717, 1.165) is 47.1 Å². The molecule has 1 aromatic heterocycles. The van der Waals surface area contributed by atoms with Crippen molar-refractivity contribution in [3.63, 3.8) is 0 Å². The Morgan fingerprint density at radius 1 is 1.17 bits per heavy atom. The molecule has 2 aromatic carbocycles. The maximum absolute atomic E-state index is 14.3. The summed E-state index contributed by atoms with van der Waals surface area (Å²) >= 11 is 0. The summed E-state index contributed by atoms with van der Waals surface area (Å²) in [5, 5.41) is 11.1. The highest BCUT2D eigenvalue weighted by Gasteiger charge is 2.33. The Hall–Kier alpha value is -2.67. The molecule has 35 heavy (non-hydrogen) atoms. The minimum atomic E-state index is -0.305. The highest BCUT2D eigenvalue weighted by atomic mass is 16.5. The molecule has 1 aliphatic rings. The van der Waals surface area contributed by atoms with Crippen LogP contribution in [0.5, 0.6) is 0 Å². The number of likely N-dealkylation sites (N-methyl/N-ethyl adjacent to an activating group) is 1. The van der Waals surface area contributed by atoms with Crippen LogP contribution in [0, 0.1) is 5.92 Å². The summed E-state index contributed by atoms with van der Waals surface area (Å²) in [6, 6.07) is 16.1. The Bertz CT molecular complexity index is 1170. The van der Waals surface area contributed by atoms with Gasteiger partial charge in [-0.3, -0.25) is 4.79 Å². The number of fused-ring (bicyclic) bond motifs is 5. The summed E-state index contributed by atoms with van der Waals surface area (Å²) < 4.78 is 8.62. The normalized spacial score (nSPS) is 20.0. The number of aryl methyl sites for hydroxylation is 1. The largest absolute Gasteiger partial charge is 0.394 e. The first-order valence-corrected chi connectivity index (χ1v) is 12.7. The average molecular weight is 478 g/mol. The van der Waals surface area contributed by atoms with E-state index in [1.54, 1.807) is 0 Å². The molecule has 0 aliphatic carbocycles. The van der Waals surface area contributed by atoms with Gasteiger partial charge in [0.05, 0.1) is 25.4 Å². The van der Waals surface area contributed by atoms with Gasteiger partial charge < -0.3 is 24.2 Å². The third-order valence-electron chi connectivity index (χ3n) is 7.32. The summed E-state index contributed by atoms with van der Waals surface area (Å²) in [4.78, 5) is 18.4. The van der Waals surface area contributed by atoms with E-state index in [0.29, 0.717) is 18.8 Å². The van der Waals surface area contributed by atoms with Crippen LogP contribution < -0.4 is 0 Å². The molecule has 0 saturated carbocycles. The van der Waals surface area contributed by atoms with E-state index in [9.17, 15) is 9.90 Å². The number of amides is 1. The van der Waals surface area contributed by atoms with E-state index in [-0.39, 0.29) is 30.6 Å². The van der Waals surface area contributed by atoms with Gasteiger partial charge in [-0.05, 0) is 44.1 Å². The van der Waals surface area contributed by atoms with Crippen LogP contribution in [0.3, 0.4) is 0 Å². The van der Waals surface area contributed by atoms with Crippen LogP contribution in [0.1, 0.15) is 43.2 Å². The monoisotopic (exact) mass is 477 g/mol. The van der Waals surface area contributed by atoms with E-state index in [1.807, 2.05) is 47.7 Å². The van der Waals surface area contributed by atoms with Gasteiger partial charge in [-0.15, -0.1) is 0 Å². The number of aliphatic hydroxyl groups is 1. The number of rotatable bonds is 6. The molecule has 3 aromatic rings. The van der Waals surface area contributed by atoms with Crippen LogP contribution >= 0.6 is 0 Å². The lowest BCUT2D eigenvalue weighted by Crippen LogP contribution is -2.47. The Labute approximate surface area is 209 Å². The zero-order chi connectivity index (χ0) is 25.1. The number of ether oxygens (including phenoxy) is 1. The summed E-state index contributed by atoms with van der Waals surface area (Å²) in [6.45, 7) is 8.95. The maximum Gasteiger partial charge on any atom is 0.271 e. The number of hydrogen-bond donors (Lipinski definition) is 1. The van der Waals surface area contributed by atoms with Gasteiger partial charge in [-0.2, -0.15) is 0 Å². The van der Waals surface area contributed by atoms with Crippen molar-refractivity contribution in [2.24, 2.45) is 13.0 Å². The smallest absolute Gasteiger partial charge is 0.271 e. The van der Waals surface area contributed by atoms with Gasteiger partial charge >= 0.3 is 0 Å². The van der Waals surface area contributed by atoms with E-state index >= 15 is 0 Å². The van der Waals surface area contributed by atoms with Crippen LogP contribution in [0.4, 0.5) is 0 Å². The Balaban J connectivity index is 1.91. The van der Waals surface area contributed by atoms with Gasteiger partial charge in [0.25, 0.3) is 5.91 Å². The standard InChI is InChI=1S/C29H39N3O3/c1-6-15-30(4)17-26-20(2)16-32(21(3)18-33)29(34)28-27(23-12-8-7-11-22(23)19-35-26)24-13-9-10-14-25(24)31(28)5/h7-14,20-21,26,33H,6,15-19H2,1-5H3/t20-,21-,26+/m1/s1. The summed E-state index contributed by atoms with van der Waals surface area (Å²) in [5.74, 6) is 0.0418. The van der Waals surface area contributed by atoms with Gasteiger partial charge in [0.15, 0.2) is 0 Å². The minimum Gasteiger partial charge on any atom is -0.394 e. The summed E-state index contributed by atoms with van der Waals surface area (Å²) in [5.41, 5.74) is 4.73. The van der Waals surface area contributed by atoms with Gasteiger partial charge in [0.2, 0.25) is 0 Å². The van der Waals surface area contributed by atoms with Crippen LogP contribution in [-0.2, 0) is 18.4 Å². The molecule has 0 unspecified atom stereocenters. The molecule has 0 bridgehead atoms. The van der Waals surface area contributed by atoms with Crippen molar-refractivity contribution in [2.45, 2.75) is 45.9 Å². The Morgan fingerprint density at radius 2 is 1.89 bits per heavy atom. The first-order chi connectivity index (χ1) is 16.9. The predicted octanol–water partition coefficient (Wildman–Crippen LogP) is 4.55. The Morgan fingerprint density at radius 3 is 2.63 bits per heavy atom. The topological polar surface area (TPSA) is 57.9 Å². The van der Waals surface area contributed by atoms with Crippen LogP contribution in [-0.4, -0.2) is 70.8 Å². The van der Waals surface area contributed by atoms with Crippen molar-refractivity contribution in [1.82, 2.24) is 14.4 Å². The maximum atomic E-state index is 14.3. The molecule has 1 N–H and O–H groups in total. The van der Waals surface area contributed by atoms with E-state index in [1.165, 1.54) is 0 Å². The molecule has 1 amide bonds. The van der Waals surface area contributed by atoms with Crippen molar-refractivity contribution in [3.8, 4) is 11.1 Å². The third-order valence-corrected chi connectivity index (χ3v) is 7.32. The second-order valence-corrected chi connectivity index (χ2v) is 10.0. The number of aliphatic hydroxyl groups excluding tert-OH is 1. The highest BCUT2D eigenvalue weighted by Crippen LogP contribution is 2.38. The molecule has 6 heteroatoms. The fraction of sp³-hybridized carbons (Fsp3) is 0.483. The number of carbonyl (C=O) groups is 1. The molecule has 4 rings (SSSR count). The molecule has 3 atom stereocenters. The molecule has 0 fully saturated rings. The molecule has 0 radical (unpaired) electrons. The van der Waals surface area contributed by atoms with Crippen molar-refractivity contribution < 1.29 is 14.6 Å². The highest BCUT2D eigenvalue weighted by molar-refractivity contribution is 6.10. The molecule has 0 saturated heterocycles. The lowest BCUT2D eigenvalue weighted by Gasteiger charge is -2.35. The van der Waals surface area contributed by atoms with Gasteiger partial charge in [-0.1, -0.05) is 56.3 Å². The van der Waals surface area contributed by atoms with Crippen molar-refractivity contribution in [3.05, 3.63) is 59.8 Å². The lowest BCUT2D eigenvalue weighted by molar-refractivity contribution is -0.0231. The van der Waals surface area contributed by atoms with Gasteiger partial charge in [0, 0.05) is 42.5 Å². The van der Waals surface area contributed by atoms with Gasteiger partial charge in [-0.25, -0.2) is 0 Å². The van der Waals surface area contributed by atoms with Gasteiger partial charge in [0.1, 0.15) is 5.69 Å². The molecular formula is C29H39N3O3. The zero-order valence-corrected chi connectivity index (χ0v) is 21.7. The fourth-order valence-corrected chi connectivity index (χ4v) is 5.31. The molecule has 2 heterocycles. The first-order valence-electron chi connectivity index (χ1n) is 12.7. The average Bonchev–Trinajstić information content (AvgIpc) is 3.15. The number of benzene rings is 2. The quantitative estimate of drug-likeness (QED) is 0.566. The zero-order valence-electron chi connectivity index (χ0n) is 21.7. The van der Waals surface area contributed by atoms with Crippen LogP contribution in [0.15, 0.2) is 48.5 Å². The van der Waals surface area contributed by atoms with Crippen LogP contribution in [0.25, 0.3) is 22.0 Å². The summed E-state index contributed by atoms with van der Waals surface area (Å²) in [7, 11) is 4.09. The number of aromatic nitrogens is 1. The predicted molar refractivity (Wildman–Crippen MR) is 141 cm³/mol. The second kappa shape index (κ2) is 10.9. The SMILES string of the molecule is CCCN(C)C[C@@H]1OCc2ccccc2-c2c(n(C)c3ccccc23)C(=O)N([C@H](C)CO)C[C@H]1C. The minimum absolute atomic E-state index is 0.0428. The second-order valence-electron chi connectivity index (χ2n) is 10.0. The molecule has 0 spiro atoms. The third kappa shape index (κ3) is 5.01. The van der Waals surface area contributed by atoms with Crippen molar-refractivity contribution in [1.29, 1.82) is 0 Å². The van der Waals surface area contributed by atoms with E-state index in [4.69, 9.17) is 4.74 Å². The molecule has 188 valence electrons. The number of nitrogens with zero attached hydrogens (tertiary/aromatic N) is 3. The fourth-order valence-electron chi connectivity index (χ4n) is 5.31. The van der Waals surface area contributed by atoms with Crippen molar-refractivity contribution in [2.75, 3.05) is 33.3 Å². The number of hydrogen-bond acceptors (Lipinski definition) is 4.